The molecule has 1 aromatic rings. The van der Waals surface area contributed by atoms with Crippen LogP contribution >= 0.6 is 0 Å². The minimum absolute atomic E-state index is 0.0698. The van der Waals surface area contributed by atoms with Gasteiger partial charge >= 0.3 is 5.97 Å². The minimum Gasteiger partial charge on any atom is -0.464 e. The minimum atomic E-state index is -1.21. The smallest absolute Gasteiger partial charge is 0.331 e. The maximum absolute atomic E-state index is 12.9. The quantitative estimate of drug-likeness (QED) is 0.721. The Kier molecular flexibility index (Phi) is 6.80. The van der Waals surface area contributed by atoms with E-state index in [0.29, 0.717) is 17.9 Å². The van der Waals surface area contributed by atoms with Crippen molar-refractivity contribution >= 4 is 5.97 Å². The lowest BCUT2D eigenvalue weighted by Gasteiger charge is -2.34. The maximum atomic E-state index is 12.9. The number of hydrogen-bond donors (Lipinski definition) is 1. The first kappa shape index (κ1) is 20.4. The molecule has 0 fully saturated rings. The predicted octanol–water partition coefficient (Wildman–Crippen LogP) is 3.29. The fraction of sp³-hybridized carbons (Fsp3) is 0.619. The third kappa shape index (κ3) is 3.62. The van der Waals surface area contributed by atoms with Crippen molar-refractivity contribution in [3.05, 3.63) is 34.9 Å². The van der Waals surface area contributed by atoms with E-state index < -0.39 is 11.5 Å². The van der Waals surface area contributed by atoms with Crippen LogP contribution in [0.2, 0.25) is 0 Å². The number of nitrogens with zero attached hydrogens (tertiary/aromatic N) is 1. The van der Waals surface area contributed by atoms with Crippen LogP contribution in [-0.4, -0.2) is 25.8 Å². The summed E-state index contributed by atoms with van der Waals surface area (Å²) < 4.78 is 11.0. The summed E-state index contributed by atoms with van der Waals surface area (Å²) in [6.45, 7) is 6.32. The van der Waals surface area contributed by atoms with E-state index in [9.17, 15) is 10.1 Å². The second-order valence-corrected chi connectivity index (χ2v) is 7.06. The van der Waals surface area contributed by atoms with Crippen LogP contribution in [0.3, 0.4) is 0 Å². The lowest BCUT2D eigenvalue weighted by atomic mass is 9.76. The highest BCUT2D eigenvalue weighted by Gasteiger charge is 2.51. The van der Waals surface area contributed by atoms with Crippen LogP contribution in [0.5, 0.6) is 0 Å². The van der Waals surface area contributed by atoms with Crippen molar-refractivity contribution in [1.29, 1.82) is 5.26 Å². The Balaban J connectivity index is 2.42. The molecule has 0 saturated heterocycles. The molecule has 26 heavy (non-hydrogen) atoms. The molecule has 0 spiro atoms. The van der Waals surface area contributed by atoms with E-state index in [1.54, 1.807) is 26.2 Å². The molecule has 0 amide bonds. The molecule has 0 saturated carbocycles. The molecule has 0 radical (unpaired) electrons. The lowest BCUT2D eigenvalue weighted by Crippen LogP contribution is -2.50. The fourth-order valence-corrected chi connectivity index (χ4v) is 4.29. The van der Waals surface area contributed by atoms with Crippen molar-refractivity contribution in [2.24, 2.45) is 17.6 Å². The Morgan fingerprint density at radius 1 is 1.38 bits per heavy atom. The van der Waals surface area contributed by atoms with E-state index in [0.717, 1.165) is 30.4 Å². The molecular weight excluding hydrogens is 328 g/mol. The van der Waals surface area contributed by atoms with Crippen molar-refractivity contribution in [2.75, 3.05) is 13.7 Å². The van der Waals surface area contributed by atoms with Crippen molar-refractivity contribution in [3.63, 3.8) is 0 Å². The lowest BCUT2D eigenvalue weighted by molar-refractivity contribution is -0.152. The van der Waals surface area contributed by atoms with Crippen molar-refractivity contribution in [2.45, 2.75) is 58.1 Å². The van der Waals surface area contributed by atoms with Crippen LogP contribution in [-0.2, 0) is 26.2 Å². The van der Waals surface area contributed by atoms with Crippen LogP contribution in [0.25, 0.3) is 0 Å². The number of esters is 1. The molecule has 1 aromatic carbocycles. The number of methoxy groups -OCH3 is 1. The molecule has 4 atom stereocenters. The van der Waals surface area contributed by atoms with Crippen molar-refractivity contribution in [1.82, 2.24) is 0 Å². The average molecular weight is 358 g/mol. The van der Waals surface area contributed by atoms with Crippen LogP contribution in [0, 0.1) is 23.2 Å². The summed E-state index contributed by atoms with van der Waals surface area (Å²) in [6, 6.07) is 7.60. The predicted molar refractivity (Wildman–Crippen MR) is 100 cm³/mol. The zero-order valence-electron chi connectivity index (χ0n) is 16.2. The summed E-state index contributed by atoms with van der Waals surface area (Å²) in [5.41, 5.74) is 7.80. The largest absolute Gasteiger partial charge is 0.464 e. The van der Waals surface area contributed by atoms with Gasteiger partial charge in [-0.3, -0.25) is 0 Å². The molecule has 0 unspecified atom stereocenters. The standard InChI is InChI=1S/C21H30N2O3/c1-5-15(19(6-2)25-4)11-17-12-16-9-8-14(13-22)10-18(16)21(17,23)20(24)26-7-3/h8-10,15,17,19H,5-7,11-12,23H2,1-4H3/t15-,17-,19-,21+/m0/s1. The van der Waals surface area contributed by atoms with Crippen LogP contribution in [0.15, 0.2) is 18.2 Å². The highest BCUT2D eigenvalue weighted by molar-refractivity contribution is 5.85. The second-order valence-electron chi connectivity index (χ2n) is 7.06. The van der Waals surface area contributed by atoms with E-state index in [1.807, 2.05) is 6.07 Å². The Morgan fingerprint density at radius 3 is 2.65 bits per heavy atom. The van der Waals surface area contributed by atoms with Gasteiger partial charge in [-0.1, -0.05) is 26.3 Å². The van der Waals surface area contributed by atoms with Gasteiger partial charge in [-0.15, -0.1) is 0 Å². The van der Waals surface area contributed by atoms with Gasteiger partial charge in [0.15, 0.2) is 0 Å². The zero-order chi connectivity index (χ0) is 19.3. The highest BCUT2D eigenvalue weighted by Crippen LogP contribution is 2.45. The molecular formula is C21H30N2O3. The van der Waals surface area contributed by atoms with Gasteiger partial charge in [0.25, 0.3) is 0 Å². The summed E-state index contributed by atoms with van der Waals surface area (Å²) in [7, 11) is 1.74. The number of ether oxygens (including phenoxy) is 2. The topological polar surface area (TPSA) is 85.3 Å². The first-order valence-corrected chi connectivity index (χ1v) is 9.48. The van der Waals surface area contributed by atoms with E-state index in [-0.39, 0.29) is 18.6 Å². The number of rotatable bonds is 8. The molecule has 5 nitrogen and oxygen atoms in total. The Labute approximate surface area is 156 Å². The van der Waals surface area contributed by atoms with Gasteiger partial charge in [0.05, 0.1) is 24.3 Å². The Morgan fingerprint density at radius 2 is 2.12 bits per heavy atom. The molecule has 0 aromatic heterocycles. The van der Waals surface area contributed by atoms with E-state index in [4.69, 9.17) is 15.2 Å². The van der Waals surface area contributed by atoms with Crippen molar-refractivity contribution < 1.29 is 14.3 Å². The summed E-state index contributed by atoms with van der Waals surface area (Å²) in [6.07, 6.45) is 3.53. The van der Waals surface area contributed by atoms with Gasteiger partial charge in [-0.2, -0.15) is 5.26 Å². The van der Waals surface area contributed by atoms with E-state index >= 15 is 0 Å². The number of nitrogens with two attached hydrogens (primary N) is 1. The van der Waals surface area contributed by atoms with Gasteiger partial charge in [0, 0.05) is 7.11 Å². The third-order valence-electron chi connectivity index (χ3n) is 5.75. The first-order chi connectivity index (χ1) is 12.5. The van der Waals surface area contributed by atoms with E-state index in [1.165, 1.54) is 0 Å². The zero-order valence-corrected chi connectivity index (χ0v) is 16.2. The number of benzene rings is 1. The van der Waals surface area contributed by atoms with Gasteiger partial charge < -0.3 is 15.2 Å². The van der Waals surface area contributed by atoms with E-state index in [2.05, 4.69) is 19.9 Å². The molecule has 2 rings (SSSR count). The molecule has 0 heterocycles. The number of hydrogen-bond acceptors (Lipinski definition) is 5. The van der Waals surface area contributed by atoms with Gasteiger partial charge in [-0.25, -0.2) is 4.79 Å². The molecule has 0 aliphatic heterocycles. The summed E-state index contributed by atoms with van der Waals surface area (Å²) in [5, 5.41) is 9.24. The number of fused-ring (bicyclic) bond motifs is 1. The maximum Gasteiger partial charge on any atom is 0.331 e. The molecule has 142 valence electrons. The monoisotopic (exact) mass is 358 g/mol. The third-order valence-corrected chi connectivity index (χ3v) is 5.75. The molecule has 1 aliphatic carbocycles. The molecule has 2 N–H and O–H groups in total. The Bertz CT molecular complexity index is 678. The number of carbonyl (C=O) groups is 1. The molecule has 5 heteroatoms. The van der Waals surface area contributed by atoms with Crippen LogP contribution < -0.4 is 5.73 Å². The number of nitriles is 1. The SMILES string of the molecule is CCOC(=O)[C@]1(N)c2cc(C#N)ccc2C[C@@H]1C[C@H](CC)[C@H](CC)OC. The van der Waals surface area contributed by atoms with Crippen molar-refractivity contribution in [3.8, 4) is 6.07 Å². The number of carbonyl (C=O) groups excluding carboxylic acids is 1. The van der Waals surface area contributed by atoms with Gasteiger partial charge in [0.2, 0.25) is 0 Å². The fourth-order valence-electron chi connectivity index (χ4n) is 4.29. The van der Waals surface area contributed by atoms with Crippen LogP contribution in [0.1, 0.15) is 56.7 Å². The van der Waals surface area contributed by atoms with Gasteiger partial charge in [0.1, 0.15) is 5.54 Å². The normalized spacial score (nSPS) is 23.8. The second kappa shape index (κ2) is 8.66. The average Bonchev–Trinajstić information content (AvgIpc) is 2.94. The molecule has 1 aliphatic rings. The Hall–Kier alpha value is -1.90. The first-order valence-electron chi connectivity index (χ1n) is 9.48. The highest BCUT2D eigenvalue weighted by atomic mass is 16.5. The molecule has 0 bridgehead atoms. The van der Waals surface area contributed by atoms with Crippen LogP contribution in [0.4, 0.5) is 0 Å². The van der Waals surface area contributed by atoms with Gasteiger partial charge in [-0.05, 0) is 61.3 Å². The summed E-state index contributed by atoms with van der Waals surface area (Å²) in [5.74, 6) is -0.157. The summed E-state index contributed by atoms with van der Waals surface area (Å²) >= 11 is 0. The summed E-state index contributed by atoms with van der Waals surface area (Å²) in [4.78, 5) is 12.9.